The van der Waals surface area contributed by atoms with E-state index in [9.17, 15) is 0 Å². The van der Waals surface area contributed by atoms with E-state index in [1.165, 1.54) is 18.4 Å². The van der Waals surface area contributed by atoms with Crippen molar-refractivity contribution in [3.8, 4) is 0 Å². The van der Waals surface area contributed by atoms with Crippen LogP contribution in [0.25, 0.3) is 0 Å². The number of hydrazine groups is 1. The van der Waals surface area contributed by atoms with Gasteiger partial charge in [-0.3, -0.25) is 11.3 Å². The Hall–Kier alpha value is -0.610. The minimum absolute atomic E-state index is 0.0994. The van der Waals surface area contributed by atoms with Crippen molar-refractivity contribution in [1.82, 2.24) is 5.43 Å². The van der Waals surface area contributed by atoms with Crippen molar-refractivity contribution in [2.24, 2.45) is 5.84 Å². The Morgan fingerprint density at radius 3 is 3.00 bits per heavy atom. The number of benzene rings is 1. The van der Waals surface area contributed by atoms with Gasteiger partial charge in [-0.25, -0.2) is 0 Å². The lowest BCUT2D eigenvalue weighted by molar-refractivity contribution is 0.0996. The molecule has 3 N–H and O–H groups in total. The van der Waals surface area contributed by atoms with Crippen molar-refractivity contribution >= 4 is 11.6 Å². The second-order valence-corrected chi connectivity index (χ2v) is 5.36. The predicted molar refractivity (Wildman–Crippen MR) is 74.5 cm³/mol. The molecule has 3 nitrogen and oxygen atoms in total. The van der Waals surface area contributed by atoms with Gasteiger partial charge in [0.25, 0.3) is 0 Å². The van der Waals surface area contributed by atoms with Gasteiger partial charge in [-0.2, -0.15) is 0 Å². The monoisotopic (exact) mass is 268 g/mol. The molecule has 1 fully saturated rings. The number of nitrogens with one attached hydrogen (secondary N) is 1. The second-order valence-electron chi connectivity index (χ2n) is 4.96. The molecule has 18 heavy (non-hydrogen) atoms. The van der Waals surface area contributed by atoms with Crippen LogP contribution in [-0.2, 0) is 4.74 Å². The summed E-state index contributed by atoms with van der Waals surface area (Å²) >= 11 is 6.27. The number of hydrogen-bond acceptors (Lipinski definition) is 3. The van der Waals surface area contributed by atoms with Crippen LogP contribution in [0.3, 0.4) is 0 Å². The van der Waals surface area contributed by atoms with Crippen molar-refractivity contribution < 1.29 is 4.74 Å². The number of nitrogens with two attached hydrogens (primary N) is 1. The standard InChI is InChI=1S/C14H21ClN2O/c1-10-4-6-12(13(15)9-10)14(17-16)7-5-11-3-2-8-18-11/h4,6,9,11,14,17H,2-3,5,7-8,16H2,1H3. The first-order chi connectivity index (χ1) is 8.70. The van der Waals surface area contributed by atoms with Gasteiger partial charge in [0.05, 0.1) is 6.10 Å². The van der Waals surface area contributed by atoms with Crippen LogP contribution in [0.2, 0.25) is 5.02 Å². The average Bonchev–Trinajstić information content (AvgIpc) is 2.85. The normalized spacial score (nSPS) is 21.2. The van der Waals surface area contributed by atoms with Crippen LogP contribution in [0.4, 0.5) is 0 Å². The summed E-state index contributed by atoms with van der Waals surface area (Å²) in [6.07, 6.45) is 4.71. The van der Waals surface area contributed by atoms with E-state index in [0.717, 1.165) is 30.0 Å². The van der Waals surface area contributed by atoms with Crippen molar-refractivity contribution in [2.75, 3.05) is 6.61 Å². The molecule has 1 aliphatic rings. The highest BCUT2D eigenvalue weighted by molar-refractivity contribution is 6.31. The zero-order valence-electron chi connectivity index (χ0n) is 10.8. The molecule has 2 atom stereocenters. The molecule has 1 aromatic carbocycles. The fourth-order valence-electron chi connectivity index (χ4n) is 2.47. The molecule has 4 heteroatoms. The smallest absolute Gasteiger partial charge is 0.0576 e. The third kappa shape index (κ3) is 3.45. The molecule has 1 saturated heterocycles. The van der Waals surface area contributed by atoms with Gasteiger partial charge in [0.2, 0.25) is 0 Å². The van der Waals surface area contributed by atoms with Crippen molar-refractivity contribution in [3.05, 3.63) is 34.3 Å². The molecule has 1 aliphatic heterocycles. The third-order valence-electron chi connectivity index (χ3n) is 3.53. The molecule has 0 aromatic heterocycles. The zero-order chi connectivity index (χ0) is 13.0. The molecule has 0 spiro atoms. The maximum Gasteiger partial charge on any atom is 0.0576 e. The molecule has 1 heterocycles. The van der Waals surface area contributed by atoms with Gasteiger partial charge in [-0.1, -0.05) is 23.7 Å². The van der Waals surface area contributed by atoms with Crippen LogP contribution in [0.15, 0.2) is 18.2 Å². The van der Waals surface area contributed by atoms with Gasteiger partial charge in [-0.05, 0) is 49.8 Å². The first kappa shape index (κ1) is 13.8. The van der Waals surface area contributed by atoms with Gasteiger partial charge in [0.15, 0.2) is 0 Å². The third-order valence-corrected chi connectivity index (χ3v) is 3.86. The molecular weight excluding hydrogens is 248 g/mol. The molecule has 2 rings (SSSR count). The zero-order valence-corrected chi connectivity index (χ0v) is 11.5. The Balaban J connectivity index is 1.98. The Labute approximate surface area is 114 Å². The topological polar surface area (TPSA) is 47.3 Å². The highest BCUT2D eigenvalue weighted by Crippen LogP contribution is 2.28. The van der Waals surface area contributed by atoms with Gasteiger partial charge >= 0.3 is 0 Å². The summed E-state index contributed by atoms with van der Waals surface area (Å²) in [6.45, 7) is 2.93. The Kier molecular flexibility index (Phi) is 5.01. The lowest BCUT2D eigenvalue weighted by Gasteiger charge is -2.19. The Morgan fingerprint density at radius 1 is 1.56 bits per heavy atom. The van der Waals surface area contributed by atoms with Crippen LogP contribution in [0.1, 0.15) is 42.9 Å². The summed E-state index contributed by atoms with van der Waals surface area (Å²) < 4.78 is 5.63. The molecule has 0 radical (unpaired) electrons. The van der Waals surface area contributed by atoms with Crippen LogP contribution >= 0.6 is 11.6 Å². The van der Waals surface area contributed by atoms with Crippen LogP contribution < -0.4 is 11.3 Å². The van der Waals surface area contributed by atoms with Gasteiger partial charge in [0.1, 0.15) is 0 Å². The summed E-state index contributed by atoms with van der Waals surface area (Å²) in [4.78, 5) is 0. The van der Waals surface area contributed by atoms with E-state index in [1.54, 1.807) is 0 Å². The lowest BCUT2D eigenvalue weighted by Crippen LogP contribution is -2.29. The number of hydrogen-bond donors (Lipinski definition) is 2. The molecule has 100 valence electrons. The van der Waals surface area contributed by atoms with Crippen molar-refractivity contribution in [2.45, 2.75) is 44.8 Å². The fraction of sp³-hybridized carbons (Fsp3) is 0.571. The predicted octanol–water partition coefficient (Wildman–Crippen LogP) is 3.11. The Bertz CT molecular complexity index is 391. The van der Waals surface area contributed by atoms with E-state index >= 15 is 0 Å². The van der Waals surface area contributed by atoms with Crippen molar-refractivity contribution in [3.63, 3.8) is 0 Å². The summed E-state index contributed by atoms with van der Waals surface area (Å²) in [6, 6.07) is 6.20. The molecule has 1 aromatic rings. The average molecular weight is 269 g/mol. The molecule has 2 unspecified atom stereocenters. The molecule has 0 bridgehead atoms. The molecule has 0 aliphatic carbocycles. The summed E-state index contributed by atoms with van der Waals surface area (Å²) in [7, 11) is 0. The molecule has 0 saturated carbocycles. The van der Waals surface area contributed by atoms with Crippen molar-refractivity contribution in [1.29, 1.82) is 0 Å². The lowest BCUT2D eigenvalue weighted by atomic mass is 9.99. The first-order valence-electron chi connectivity index (χ1n) is 6.54. The second kappa shape index (κ2) is 6.53. The molecular formula is C14H21ClN2O. The van der Waals surface area contributed by atoms with E-state index in [-0.39, 0.29) is 6.04 Å². The van der Waals surface area contributed by atoms with Gasteiger partial charge in [-0.15, -0.1) is 0 Å². The molecule has 0 amide bonds. The van der Waals surface area contributed by atoms with Crippen LogP contribution in [-0.4, -0.2) is 12.7 Å². The van der Waals surface area contributed by atoms with E-state index in [2.05, 4.69) is 17.6 Å². The largest absolute Gasteiger partial charge is 0.378 e. The quantitative estimate of drug-likeness (QED) is 0.637. The number of aryl methyl sites for hydroxylation is 1. The summed E-state index contributed by atoms with van der Waals surface area (Å²) in [5.41, 5.74) is 5.10. The van der Waals surface area contributed by atoms with Gasteiger partial charge in [0, 0.05) is 17.7 Å². The number of halogens is 1. The maximum absolute atomic E-state index is 6.27. The van der Waals surface area contributed by atoms with E-state index in [0.29, 0.717) is 6.10 Å². The minimum Gasteiger partial charge on any atom is -0.378 e. The van der Waals surface area contributed by atoms with Crippen LogP contribution in [0, 0.1) is 6.92 Å². The summed E-state index contributed by atoms with van der Waals surface area (Å²) in [5.74, 6) is 5.65. The highest BCUT2D eigenvalue weighted by Gasteiger charge is 2.19. The SMILES string of the molecule is Cc1ccc(C(CCC2CCCO2)NN)c(Cl)c1. The van der Waals surface area contributed by atoms with E-state index in [4.69, 9.17) is 22.2 Å². The fourth-order valence-corrected chi connectivity index (χ4v) is 2.83. The highest BCUT2D eigenvalue weighted by atomic mass is 35.5. The van der Waals surface area contributed by atoms with Crippen LogP contribution in [0.5, 0.6) is 0 Å². The maximum atomic E-state index is 6.27. The van der Waals surface area contributed by atoms with Gasteiger partial charge < -0.3 is 4.74 Å². The van der Waals surface area contributed by atoms with E-state index < -0.39 is 0 Å². The first-order valence-corrected chi connectivity index (χ1v) is 6.92. The summed E-state index contributed by atoms with van der Waals surface area (Å²) in [5, 5.41) is 0.783. The number of rotatable bonds is 5. The number of ether oxygens (including phenoxy) is 1. The van der Waals surface area contributed by atoms with E-state index in [1.807, 2.05) is 13.0 Å². The Morgan fingerprint density at radius 2 is 2.39 bits per heavy atom. The minimum atomic E-state index is 0.0994.